The Morgan fingerprint density at radius 1 is 1.19 bits per heavy atom. The van der Waals surface area contributed by atoms with Crippen LogP contribution < -0.4 is 10.8 Å². The number of halogens is 4. The number of carbonyl (C=O) groups is 1. The lowest BCUT2D eigenvalue weighted by molar-refractivity contribution is -0.138. The molecule has 0 saturated carbocycles. The van der Waals surface area contributed by atoms with Gasteiger partial charge < -0.3 is 15.0 Å². The van der Waals surface area contributed by atoms with Crippen molar-refractivity contribution in [3.63, 3.8) is 0 Å². The van der Waals surface area contributed by atoms with E-state index in [4.69, 9.17) is 9.68 Å². The highest BCUT2D eigenvalue weighted by Gasteiger charge is 2.35. The topological polar surface area (TPSA) is 72.0 Å². The second kappa shape index (κ2) is 10.4. The number of carbonyl (C=O) groups excluding carboxylic acids is 1. The largest absolute Gasteiger partial charge is 0.417 e. The Hall–Kier alpha value is -2.98. The molecular weight excluding hydrogens is 418 g/mol. The van der Waals surface area contributed by atoms with E-state index in [0.717, 1.165) is 23.8 Å². The molecule has 1 atom stereocenters. The molecule has 2 aromatic carbocycles. The molecule has 0 aliphatic heterocycles. The van der Waals surface area contributed by atoms with Crippen molar-refractivity contribution in [3.05, 3.63) is 70.0 Å². The van der Waals surface area contributed by atoms with Gasteiger partial charge in [0.25, 0.3) is 0 Å². The van der Waals surface area contributed by atoms with Gasteiger partial charge in [0.1, 0.15) is 18.5 Å². The Bertz CT molecular complexity index is 961. The number of oxime groups is 1. The zero-order chi connectivity index (χ0) is 23.2. The first-order valence-electron chi connectivity index (χ1n) is 9.22. The smallest absolute Gasteiger partial charge is 0.391 e. The van der Waals surface area contributed by atoms with E-state index < -0.39 is 29.2 Å². The number of hydrogen-bond donors (Lipinski definition) is 2. The Kier molecular flexibility index (Phi) is 8.12. The van der Waals surface area contributed by atoms with E-state index in [1.54, 1.807) is 25.1 Å². The van der Waals surface area contributed by atoms with E-state index in [9.17, 15) is 22.4 Å². The Labute approximate surface area is 177 Å². The lowest BCUT2D eigenvalue weighted by atomic mass is 9.96. The highest BCUT2D eigenvalue weighted by atomic mass is 19.4. The molecule has 0 heterocycles. The van der Waals surface area contributed by atoms with Gasteiger partial charge in [-0.15, -0.1) is 0 Å². The minimum absolute atomic E-state index is 0.159. The average Bonchev–Trinajstić information content (AvgIpc) is 2.71. The first-order valence-corrected chi connectivity index (χ1v) is 9.22. The van der Waals surface area contributed by atoms with Gasteiger partial charge in [0, 0.05) is 18.2 Å². The van der Waals surface area contributed by atoms with Crippen LogP contribution in [0.25, 0.3) is 0 Å². The van der Waals surface area contributed by atoms with Crippen LogP contribution in [0.15, 0.2) is 41.6 Å². The Morgan fingerprint density at radius 2 is 1.87 bits per heavy atom. The number of nitrogens with one attached hydrogen (secondary N) is 2. The lowest BCUT2D eigenvalue weighted by Crippen LogP contribution is -2.36. The molecule has 2 N–H and O–H groups in total. The van der Waals surface area contributed by atoms with Crippen molar-refractivity contribution >= 4 is 11.6 Å². The molecule has 0 fully saturated rings. The fourth-order valence-electron chi connectivity index (χ4n) is 3.08. The minimum atomic E-state index is -4.75. The predicted molar refractivity (Wildman–Crippen MR) is 107 cm³/mol. The third kappa shape index (κ3) is 5.80. The second-order valence-corrected chi connectivity index (χ2v) is 6.62. The van der Waals surface area contributed by atoms with E-state index in [-0.39, 0.29) is 18.2 Å². The summed E-state index contributed by atoms with van der Waals surface area (Å²) < 4.78 is 53.8. The normalized spacial score (nSPS) is 13.1. The van der Waals surface area contributed by atoms with E-state index in [1.807, 2.05) is 0 Å². The summed E-state index contributed by atoms with van der Waals surface area (Å²) in [6.45, 7) is 2.85. The number of alkyl halides is 3. The SMILES string of the molecule is CNC(=O)C(NOC)c1cccc(C)c1CO/N=C(\C)c1c(F)cccc1C(F)(F)F. The second-order valence-electron chi connectivity index (χ2n) is 6.62. The van der Waals surface area contributed by atoms with Crippen LogP contribution in [0.1, 0.15) is 40.8 Å². The average molecular weight is 441 g/mol. The summed E-state index contributed by atoms with van der Waals surface area (Å²) in [4.78, 5) is 22.4. The van der Waals surface area contributed by atoms with Crippen LogP contribution in [-0.4, -0.2) is 25.8 Å². The van der Waals surface area contributed by atoms with Gasteiger partial charge in [0.15, 0.2) is 0 Å². The first-order chi connectivity index (χ1) is 14.6. The van der Waals surface area contributed by atoms with Crippen molar-refractivity contribution in [2.24, 2.45) is 5.16 Å². The molecule has 2 aromatic rings. The summed E-state index contributed by atoms with van der Waals surface area (Å²) in [5.41, 5.74) is 2.40. The van der Waals surface area contributed by atoms with Crippen LogP contribution in [0.2, 0.25) is 0 Å². The van der Waals surface area contributed by atoms with Gasteiger partial charge in [-0.05, 0) is 37.1 Å². The van der Waals surface area contributed by atoms with Gasteiger partial charge in [-0.1, -0.05) is 29.4 Å². The molecule has 10 heteroatoms. The molecule has 0 aliphatic carbocycles. The third-order valence-corrected chi connectivity index (χ3v) is 4.59. The van der Waals surface area contributed by atoms with E-state index in [1.165, 1.54) is 21.1 Å². The number of hydrogen-bond acceptors (Lipinski definition) is 5. The number of likely N-dealkylation sites (N-methyl/N-ethyl adjacent to an activating group) is 1. The number of nitrogens with zero attached hydrogens (tertiary/aromatic N) is 1. The van der Waals surface area contributed by atoms with Crippen molar-refractivity contribution in [3.8, 4) is 0 Å². The standard InChI is InChI=1S/C21H23F4N3O3/c1-12-7-5-8-14(19(28-30-4)20(29)26-3)15(12)11-31-27-13(2)18-16(21(23,24)25)9-6-10-17(18)22/h5-10,19,28H,11H2,1-4H3,(H,26,29)/b27-13+. The molecule has 2 rings (SSSR count). The van der Waals surface area contributed by atoms with E-state index in [0.29, 0.717) is 11.1 Å². The Morgan fingerprint density at radius 3 is 2.48 bits per heavy atom. The van der Waals surface area contributed by atoms with Gasteiger partial charge in [0.05, 0.1) is 18.4 Å². The van der Waals surface area contributed by atoms with E-state index >= 15 is 0 Å². The zero-order valence-electron chi connectivity index (χ0n) is 17.4. The van der Waals surface area contributed by atoms with Gasteiger partial charge >= 0.3 is 6.18 Å². The minimum Gasteiger partial charge on any atom is -0.391 e. The predicted octanol–water partition coefficient (Wildman–Crippen LogP) is 4.03. The van der Waals surface area contributed by atoms with Gasteiger partial charge in [-0.25, -0.2) is 4.39 Å². The summed E-state index contributed by atoms with van der Waals surface area (Å²) in [5.74, 6) is -1.42. The Balaban J connectivity index is 2.35. The molecule has 1 amide bonds. The summed E-state index contributed by atoms with van der Waals surface area (Å²) >= 11 is 0. The van der Waals surface area contributed by atoms with E-state index in [2.05, 4.69) is 16.0 Å². The lowest BCUT2D eigenvalue weighted by Gasteiger charge is -2.20. The fourth-order valence-corrected chi connectivity index (χ4v) is 3.08. The fraction of sp³-hybridized carbons (Fsp3) is 0.333. The summed E-state index contributed by atoms with van der Waals surface area (Å²) in [6.07, 6.45) is -4.75. The van der Waals surface area contributed by atoms with Crippen LogP contribution in [0.3, 0.4) is 0 Å². The highest BCUT2D eigenvalue weighted by molar-refractivity contribution is 6.00. The number of aryl methyl sites for hydroxylation is 1. The molecule has 0 bridgehead atoms. The van der Waals surface area contributed by atoms with Crippen LogP contribution >= 0.6 is 0 Å². The quantitative estimate of drug-likeness (QED) is 0.369. The molecule has 0 aliphatic rings. The van der Waals surface area contributed by atoms with Crippen LogP contribution in [0, 0.1) is 12.7 Å². The van der Waals surface area contributed by atoms with Crippen molar-refractivity contribution in [1.29, 1.82) is 0 Å². The van der Waals surface area contributed by atoms with Gasteiger partial charge in [0.2, 0.25) is 5.91 Å². The molecule has 0 spiro atoms. The van der Waals surface area contributed by atoms with Crippen LogP contribution in [0.4, 0.5) is 17.6 Å². The molecule has 31 heavy (non-hydrogen) atoms. The van der Waals surface area contributed by atoms with Crippen molar-refractivity contribution in [2.75, 3.05) is 14.2 Å². The molecule has 1 unspecified atom stereocenters. The van der Waals surface area contributed by atoms with Gasteiger partial charge in [-0.3, -0.25) is 4.79 Å². The molecule has 0 aromatic heterocycles. The monoisotopic (exact) mass is 441 g/mol. The molecule has 6 nitrogen and oxygen atoms in total. The summed E-state index contributed by atoms with van der Waals surface area (Å²) in [5, 5.41) is 6.22. The number of rotatable bonds is 8. The highest BCUT2D eigenvalue weighted by Crippen LogP contribution is 2.33. The van der Waals surface area contributed by atoms with Crippen LogP contribution in [-0.2, 0) is 27.3 Å². The molecule has 0 radical (unpaired) electrons. The maximum absolute atomic E-state index is 14.1. The summed E-state index contributed by atoms with van der Waals surface area (Å²) in [7, 11) is 2.83. The first kappa shape index (κ1) is 24.3. The molecular formula is C21H23F4N3O3. The molecule has 0 saturated heterocycles. The maximum Gasteiger partial charge on any atom is 0.417 e. The third-order valence-electron chi connectivity index (χ3n) is 4.59. The molecule has 168 valence electrons. The van der Waals surface area contributed by atoms with Crippen LogP contribution in [0.5, 0.6) is 0 Å². The maximum atomic E-state index is 14.1. The van der Waals surface area contributed by atoms with Crippen molar-refractivity contribution in [1.82, 2.24) is 10.8 Å². The van der Waals surface area contributed by atoms with Crippen molar-refractivity contribution < 1.29 is 32.0 Å². The van der Waals surface area contributed by atoms with Gasteiger partial charge in [-0.2, -0.15) is 18.7 Å². The zero-order valence-corrected chi connectivity index (χ0v) is 17.4. The summed E-state index contributed by atoms with van der Waals surface area (Å²) in [6, 6.07) is 7.04. The van der Waals surface area contributed by atoms with Crippen molar-refractivity contribution in [2.45, 2.75) is 32.7 Å². The number of benzene rings is 2. The number of amides is 1. The number of hydroxylamine groups is 1.